The average Bonchev–Trinajstić information content (AvgIpc) is 3.50. The molecule has 24 nitrogen and oxygen atoms in total. The van der Waals surface area contributed by atoms with E-state index in [0.717, 1.165) is 19.8 Å². The molecule has 0 saturated carbocycles. The van der Waals surface area contributed by atoms with Gasteiger partial charge in [-0.3, -0.25) is 57.5 Å². The van der Waals surface area contributed by atoms with Gasteiger partial charge < -0.3 is 60.5 Å². The number of halogens is 1. The summed E-state index contributed by atoms with van der Waals surface area (Å²) < 4.78 is 0.864. The normalized spacial score (nSPS) is 25.8. The molecule has 3 heterocycles. The highest BCUT2D eigenvalue weighted by atomic mass is 127. The zero-order valence-corrected chi connectivity index (χ0v) is 57.0. The summed E-state index contributed by atoms with van der Waals surface area (Å²) in [5.74, 6) is -8.41. The second-order valence-electron chi connectivity index (χ2n) is 25.9. The lowest BCUT2D eigenvalue weighted by atomic mass is 9.95. The topological polar surface area (TPSA) is 279 Å². The number of nitrogens with zero attached hydrogens (tertiary/aromatic N) is 8. The molecule has 0 aliphatic carbocycles. The van der Waals surface area contributed by atoms with Crippen molar-refractivity contribution < 1.29 is 57.5 Å². The van der Waals surface area contributed by atoms with E-state index in [-0.39, 0.29) is 43.9 Å². The van der Waals surface area contributed by atoms with Gasteiger partial charge in [0.25, 0.3) is 0 Å². The first-order chi connectivity index (χ1) is 41.2. The van der Waals surface area contributed by atoms with Crippen LogP contribution >= 0.6 is 22.6 Å². The van der Waals surface area contributed by atoms with Gasteiger partial charge in [0.2, 0.25) is 70.9 Å². The fourth-order valence-electron chi connectivity index (χ4n) is 11.3. The van der Waals surface area contributed by atoms with E-state index in [1.165, 1.54) is 87.7 Å². The van der Waals surface area contributed by atoms with Crippen LogP contribution in [0.3, 0.4) is 0 Å². The summed E-state index contributed by atoms with van der Waals surface area (Å²) in [6, 6.07) is -1.23. The highest BCUT2D eigenvalue weighted by molar-refractivity contribution is 14.1. The Morgan fingerprint density at radius 3 is 1.80 bits per heavy atom. The molecule has 25 heteroatoms. The van der Waals surface area contributed by atoms with E-state index >= 15 is 9.59 Å². The summed E-state index contributed by atoms with van der Waals surface area (Å²) in [6.07, 6.45) is 4.53. The molecule has 8 atom stereocenters. The molecule has 3 fully saturated rings. The predicted octanol–water partition coefficient (Wildman–Crippen LogP) is 2.77. The van der Waals surface area contributed by atoms with Crippen molar-refractivity contribution in [3.05, 3.63) is 33.4 Å². The Bertz CT molecular complexity index is 2670. The molecule has 1 aromatic carbocycles. The van der Waals surface area contributed by atoms with E-state index in [2.05, 4.69) is 43.9 Å². The van der Waals surface area contributed by atoms with Gasteiger partial charge in [-0.15, -0.1) is 0 Å². The Kier molecular flexibility index (Phi) is 28.6. The van der Waals surface area contributed by atoms with Crippen molar-refractivity contribution in [2.45, 2.75) is 193 Å². The summed E-state index contributed by atoms with van der Waals surface area (Å²) in [4.78, 5) is 185. The van der Waals surface area contributed by atoms with Crippen LogP contribution in [0, 0.1) is 21.3 Å². The van der Waals surface area contributed by atoms with E-state index in [9.17, 15) is 47.9 Å². The summed E-state index contributed by atoms with van der Waals surface area (Å²) in [5.41, 5.74) is -0.992. The molecule has 0 radical (unpaired) electrons. The first-order valence-corrected chi connectivity index (χ1v) is 32.3. The molecule has 4 N–H and O–H groups in total. The summed E-state index contributed by atoms with van der Waals surface area (Å²) in [5, 5.41) is 11.5. The molecule has 0 unspecified atom stereocenters. The first kappa shape index (κ1) is 74.1. The number of carbonyl (C=O) groups is 12. The summed E-state index contributed by atoms with van der Waals surface area (Å²) >= 11 is 2.14. The number of likely N-dealkylation sites (N-methyl/N-ethyl adjacent to an activating group) is 7. The molecule has 4 rings (SSSR count). The van der Waals surface area contributed by atoms with Crippen LogP contribution < -0.4 is 21.3 Å². The Labute approximate surface area is 535 Å². The third-order valence-electron chi connectivity index (χ3n) is 17.6. The van der Waals surface area contributed by atoms with Crippen molar-refractivity contribution in [2.75, 3.05) is 82.1 Å². The molecule has 88 heavy (non-hydrogen) atoms. The van der Waals surface area contributed by atoms with Crippen LogP contribution in [0.1, 0.15) is 144 Å². The second kappa shape index (κ2) is 34.0. The molecule has 492 valence electrons. The van der Waals surface area contributed by atoms with Gasteiger partial charge in [-0.25, -0.2) is 0 Å². The predicted molar refractivity (Wildman–Crippen MR) is 341 cm³/mol. The van der Waals surface area contributed by atoms with Crippen molar-refractivity contribution in [3.8, 4) is 0 Å². The van der Waals surface area contributed by atoms with Crippen LogP contribution in [0.5, 0.6) is 0 Å². The van der Waals surface area contributed by atoms with Gasteiger partial charge in [-0.05, 0) is 117 Å². The van der Waals surface area contributed by atoms with E-state index in [1.54, 1.807) is 24.0 Å². The fourth-order valence-corrected chi connectivity index (χ4v) is 11.9. The van der Waals surface area contributed by atoms with Crippen LogP contribution in [-0.2, 0) is 64.0 Å². The molecule has 1 aromatic rings. The molecule has 3 aliphatic heterocycles. The van der Waals surface area contributed by atoms with Crippen molar-refractivity contribution in [2.24, 2.45) is 17.8 Å². The maximum atomic E-state index is 15.1. The van der Waals surface area contributed by atoms with Crippen LogP contribution in [0.25, 0.3) is 0 Å². The minimum Gasteiger partial charge on any atom is -0.343 e. The number of likely N-dealkylation sites (tertiary alicyclic amines) is 1. The highest BCUT2D eigenvalue weighted by Gasteiger charge is 2.44. The molecule has 3 saturated heterocycles. The van der Waals surface area contributed by atoms with Gasteiger partial charge in [0.15, 0.2) is 0 Å². The molecule has 2 bridgehead atoms. The number of hydrogen-bond donors (Lipinski definition) is 4. The Morgan fingerprint density at radius 1 is 0.602 bits per heavy atom. The van der Waals surface area contributed by atoms with E-state index in [4.69, 9.17) is 0 Å². The molecule has 3 aliphatic rings. The standard InChI is InChI=1S/C63H101IN12O12/c1-16-41(6)54-61(87)71(11)37-52(79)69(9)38-53(80)72(12)47-28-21-18-17-20-27-44(66-55(81)45(34-42-25-24-26-43(64)33-42)65-50(77)36-70(10)59(47)85)58(84)75(15)63(7,8)62(88)67-46(31-39(2)3)57(83)74(14)49(60(86)76-29-22-19-23-30-76)35-51(78)73(13)48(32-40(4)5)56(82)68-54/h24-26,33,39-41,44-49,54H,16-23,27-32,34-38H2,1-15H3,(H,65,77)(H,66,81)(H,67,88)(H,68,82)/t41-,44-,45-,46-,47-,48+,49-,54-/m0/s1. The van der Waals surface area contributed by atoms with Gasteiger partial charge >= 0.3 is 0 Å². The lowest BCUT2D eigenvalue weighted by Gasteiger charge is -2.39. The fraction of sp³-hybridized carbons (Fsp3) is 0.714. The maximum absolute atomic E-state index is 15.1. The monoisotopic (exact) mass is 1340 g/mol. The van der Waals surface area contributed by atoms with Crippen LogP contribution in [0.4, 0.5) is 0 Å². The number of rotatable bonds is 9. The molecule has 12 amide bonds. The number of piperidine rings is 1. The zero-order valence-electron chi connectivity index (χ0n) is 54.9. The van der Waals surface area contributed by atoms with Gasteiger partial charge in [-0.1, -0.05) is 85.8 Å². The van der Waals surface area contributed by atoms with Crippen molar-refractivity contribution in [1.29, 1.82) is 0 Å². The Morgan fingerprint density at radius 2 is 1.19 bits per heavy atom. The van der Waals surface area contributed by atoms with Crippen molar-refractivity contribution in [1.82, 2.24) is 60.5 Å². The maximum Gasteiger partial charge on any atom is 0.246 e. The molecule has 0 aromatic heterocycles. The van der Waals surface area contributed by atoms with Crippen LogP contribution in [0.2, 0.25) is 0 Å². The third kappa shape index (κ3) is 20.6. The first-order valence-electron chi connectivity index (χ1n) is 31.3. The van der Waals surface area contributed by atoms with E-state index in [1.807, 2.05) is 46.8 Å². The second-order valence-corrected chi connectivity index (χ2v) is 27.1. The van der Waals surface area contributed by atoms with Crippen molar-refractivity contribution in [3.63, 3.8) is 0 Å². The van der Waals surface area contributed by atoms with Gasteiger partial charge in [-0.2, -0.15) is 0 Å². The third-order valence-corrected chi connectivity index (χ3v) is 18.2. The molecular weight excluding hydrogens is 1240 g/mol. The SMILES string of the molecule is CC[C@H](C)[C@@H]1NC(=O)[C@@H](CC(C)C)N(C)C(=O)C[C@@H](C(=O)N2CCCCC2)N(C)C(=O)[C@H](CC(C)C)NC(=O)C(C)(C)N(C)C(=O)[C@@H]2CCCCCC[C@@H](C(=O)N(C)CC(=O)N[C@@H](Cc3cccc(I)c3)C(=O)N2)N(C)C(=O)CN(C)C(=O)CN(C)C1=O. The highest BCUT2D eigenvalue weighted by Crippen LogP contribution is 2.24. The number of fused-ring (bicyclic) bond motifs is 7. The van der Waals surface area contributed by atoms with E-state index in [0.29, 0.717) is 63.6 Å². The van der Waals surface area contributed by atoms with Crippen LogP contribution in [0.15, 0.2) is 24.3 Å². The van der Waals surface area contributed by atoms with Crippen molar-refractivity contribution >= 4 is 93.5 Å². The van der Waals surface area contributed by atoms with E-state index < -0.39 is 151 Å². The number of nitrogens with one attached hydrogen (secondary N) is 4. The van der Waals surface area contributed by atoms with Gasteiger partial charge in [0, 0.05) is 72.4 Å². The largest absolute Gasteiger partial charge is 0.343 e. The minimum absolute atomic E-state index is 0.00446. The Hall–Kier alpha value is -6.41. The number of benzene rings is 1. The lowest BCUT2D eigenvalue weighted by Crippen LogP contribution is -2.63. The quantitative estimate of drug-likeness (QED) is 0.260. The number of carbonyl (C=O) groups excluding carboxylic acids is 12. The summed E-state index contributed by atoms with van der Waals surface area (Å²) in [6.45, 7) is 13.4. The molecule has 0 spiro atoms. The van der Waals surface area contributed by atoms with Gasteiger partial charge in [0.05, 0.1) is 26.1 Å². The number of amides is 12. The minimum atomic E-state index is -1.68. The van der Waals surface area contributed by atoms with Crippen LogP contribution in [-0.4, -0.2) is 240 Å². The average molecular weight is 1350 g/mol. The summed E-state index contributed by atoms with van der Waals surface area (Å²) in [7, 11) is 9.93. The number of hydrogen-bond acceptors (Lipinski definition) is 12. The smallest absolute Gasteiger partial charge is 0.246 e. The Balaban J connectivity index is 1.89. The zero-order chi connectivity index (χ0) is 66.1. The molecular formula is C63H101IN12O12. The van der Waals surface area contributed by atoms with Gasteiger partial charge in [0.1, 0.15) is 47.8 Å². The lowest BCUT2D eigenvalue weighted by molar-refractivity contribution is -0.152.